The summed E-state index contributed by atoms with van der Waals surface area (Å²) in [6.07, 6.45) is 2.07. The van der Waals surface area contributed by atoms with Gasteiger partial charge in [0.2, 0.25) is 0 Å². The molecule has 1 atom stereocenters. The van der Waals surface area contributed by atoms with Crippen molar-refractivity contribution in [3.05, 3.63) is 95.6 Å². The van der Waals surface area contributed by atoms with E-state index in [2.05, 4.69) is 36.6 Å². The average molecular weight is 375 g/mol. The van der Waals surface area contributed by atoms with Crippen molar-refractivity contribution >= 4 is 23.4 Å². The Kier molecular flexibility index (Phi) is 5.01. The van der Waals surface area contributed by atoms with E-state index in [-0.39, 0.29) is 11.8 Å². The quantitative estimate of drug-likeness (QED) is 0.591. The predicted molar refractivity (Wildman–Crippen MR) is 112 cm³/mol. The van der Waals surface area contributed by atoms with Gasteiger partial charge in [0, 0.05) is 18.5 Å². The molecule has 1 heterocycles. The summed E-state index contributed by atoms with van der Waals surface area (Å²) >= 11 is 1.73. The fourth-order valence-electron chi connectivity index (χ4n) is 3.68. The van der Waals surface area contributed by atoms with E-state index in [1.807, 2.05) is 65.6 Å². The molecule has 3 nitrogen and oxygen atoms in total. The minimum absolute atomic E-state index is 0.102. The lowest BCUT2D eigenvalue weighted by molar-refractivity contribution is -0.121. The maximum absolute atomic E-state index is 13.4. The Morgan fingerprint density at radius 2 is 1.59 bits per heavy atom. The van der Waals surface area contributed by atoms with Crippen LogP contribution in [-0.2, 0) is 11.3 Å². The van der Waals surface area contributed by atoms with Gasteiger partial charge in [0.15, 0.2) is 0 Å². The first-order valence-corrected chi connectivity index (χ1v) is 10.2. The zero-order valence-electron chi connectivity index (χ0n) is 15.5. The SMILES string of the molecule is CSc1ccc(CN(C)N2C(=O)[C@@H](c3ccccc3)c3ccccc32)cc1. The van der Waals surface area contributed by atoms with Crippen LogP contribution in [0.15, 0.2) is 83.8 Å². The highest BCUT2D eigenvalue weighted by Gasteiger charge is 2.39. The molecule has 1 aliphatic rings. The molecule has 0 spiro atoms. The van der Waals surface area contributed by atoms with Gasteiger partial charge in [0.05, 0.1) is 11.6 Å². The van der Waals surface area contributed by atoms with Gasteiger partial charge >= 0.3 is 0 Å². The number of nitrogens with zero attached hydrogens (tertiary/aromatic N) is 2. The van der Waals surface area contributed by atoms with Crippen LogP contribution in [0.2, 0.25) is 0 Å². The zero-order chi connectivity index (χ0) is 18.8. The minimum atomic E-state index is -0.247. The third-order valence-electron chi connectivity index (χ3n) is 4.98. The number of fused-ring (bicyclic) bond motifs is 1. The Morgan fingerprint density at radius 1 is 0.926 bits per heavy atom. The lowest BCUT2D eigenvalue weighted by Crippen LogP contribution is -2.42. The maximum Gasteiger partial charge on any atom is 0.253 e. The fraction of sp³-hybridized carbons (Fsp3) is 0.174. The molecule has 0 fully saturated rings. The molecule has 0 aliphatic carbocycles. The largest absolute Gasteiger partial charge is 0.272 e. The van der Waals surface area contributed by atoms with Crippen molar-refractivity contribution in [1.29, 1.82) is 0 Å². The summed E-state index contributed by atoms with van der Waals surface area (Å²) in [4.78, 5) is 14.6. The van der Waals surface area contributed by atoms with Crippen molar-refractivity contribution < 1.29 is 4.79 Å². The molecule has 0 saturated heterocycles. The predicted octanol–water partition coefficient (Wildman–Crippen LogP) is 4.93. The summed E-state index contributed by atoms with van der Waals surface area (Å²) in [5, 5.41) is 3.84. The Balaban J connectivity index is 1.65. The topological polar surface area (TPSA) is 23.6 Å². The van der Waals surface area contributed by atoms with Gasteiger partial charge < -0.3 is 0 Å². The summed E-state index contributed by atoms with van der Waals surface area (Å²) in [5.41, 5.74) is 4.26. The maximum atomic E-state index is 13.4. The number of para-hydroxylation sites is 1. The van der Waals surface area contributed by atoms with Crippen LogP contribution in [0, 0.1) is 0 Å². The minimum Gasteiger partial charge on any atom is -0.272 e. The first-order valence-electron chi connectivity index (χ1n) is 9.01. The van der Waals surface area contributed by atoms with E-state index >= 15 is 0 Å². The van der Waals surface area contributed by atoms with Crippen LogP contribution in [0.4, 0.5) is 5.69 Å². The normalized spacial score (nSPS) is 16.0. The number of carbonyl (C=O) groups is 1. The van der Waals surface area contributed by atoms with Gasteiger partial charge in [-0.15, -0.1) is 11.8 Å². The number of hydrazine groups is 1. The Morgan fingerprint density at radius 3 is 2.30 bits per heavy atom. The van der Waals surface area contributed by atoms with E-state index in [9.17, 15) is 4.79 Å². The van der Waals surface area contributed by atoms with Crippen LogP contribution in [0.25, 0.3) is 0 Å². The highest BCUT2D eigenvalue weighted by molar-refractivity contribution is 7.98. The van der Waals surface area contributed by atoms with Gasteiger partial charge in [0.1, 0.15) is 0 Å². The van der Waals surface area contributed by atoms with Gasteiger partial charge in [0.25, 0.3) is 5.91 Å². The van der Waals surface area contributed by atoms with Gasteiger partial charge in [-0.1, -0.05) is 60.7 Å². The van der Waals surface area contributed by atoms with Crippen molar-refractivity contribution in [3.63, 3.8) is 0 Å². The van der Waals surface area contributed by atoms with Crippen LogP contribution in [-0.4, -0.2) is 24.2 Å². The Hall–Kier alpha value is -2.56. The highest BCUT2D eigenvalue weighted by Crippen LogP contribution is 2.41. The first kappa shape index (κ1) is 17.8. The lowest BCUT2D eigenvalue weighted by Gasteiger charge is -2.29. The molecule has 1 aliphatic heterocycles. The van der Waals surface area contributed by atoms with Crippen LogP contribution in [0.3, 0.4) is 0 Å². The molecule has 0 aromatic heterocycles. The van der Waals surface area contributed by atoms with E-state index in [4.69, 9.17) is 0 Å². The molecule has 4 heteroatoms. The van der Waals surface area contributed by atoms with Crippen molar-refractivity contribution in [3.8, 4) is 0 Å². The number of anilines is 1. The third kappa shape index (κ3) is 3.38. The average Bonchev–Trinajstić information content (AvgIpc) is 3.01. The molecule has 0 radical (unpaired) electrons. The summed E-state index contributed by atoms with van der Waals surface area (Å²) in [7, 11) is 1.98. The Labute approximate surface area is 164 Å². The van der Waals surface area contributed by atoms with E-state index in [1.54, 1.807) is 11.8 Å². The second-order valence-corrected chi connectivity index (χ2v) is 7.60. The monoisotopic (exact) mass is 374 g/mol. The summed E-state index contributed by atoms with van der Waals surface area (Å²) < 4.78 is 0. The van der Waals surface area contributed by atoms with Crippen LogP contribution < -0.4 is 5.01 Å². The smallest absolute Gasteiger partial charge is 0.253 e. The zero-order valence-corrected chi connectivity index (χ0v) is 16.3. The number of benzene rings is 3. The number of thioether (sulfide) groups is 1. The van der Waals surface area contributed by atoms with Gasteiger partial charge in [-0.05, 0) is 41.1 Å². The molecular formula is C23H22N2OS. The molecule has 0 N–H and O–H groups in total. The standard InChI is InChI=1S/C23H22N2OS/c1-24(16-17-12-14-19(27-2)15-13-17)25-21-11-7-6-10-20(21)22(23(25)26)18-8-4-3-5-9-18/h3-15,22H,16H2,1-2H3/t22-/m0/s1. The highest BCUT2D eigenvalue weighted by atomic mass is 32.2. The number of rotatable bonds is 5. The first-order chi connectivity index (χ1) is 13.2. The molecular weight excluding hydrogens is 352 g/mol. The lowest BCUT2D eigenvalue weighted by atomic mass is 9.93. The molecule has 0 saturated carbocycles. The van der Waals surface area contributed by atoms with Crippen molar-refractivity contribution in [1.82, 2.24) is 5.01 Å². The second kappa shape index (κ2) is 7.59. The van der Waals surface area contributed by atoms with Crippen molar-refractivity contribution in [2.24, 2.45) is 0 Å². The van der Waals surface area contributed by atoms with Crippen LogP contribution in [0.1, 0.15) is 22.6 Å². The number of hydrogen-bond acceptors (Lipinski definition) is 3. The molecule has 3 aromatic rings. The van der Waals surface area contributed by atoms with Crippen LogP contribution in [0.5, 0.6) is 0 Å². The van der Waals surface area contributed by atoms with E-state index in [0.29, 0.717) is 6.54 Å². The summed E-state index contributed by atoms with van der Waals surface area (Å²) in [6, 6.07) is 26.6. The van der Waals surface area contributed by atoms with E-state index < -0.39 is 0 Å². The molecule has 136 valence electrons. The van der Waals surface area contributed by atoms with E-state index in [0.717, 1.165) is 16.8 Å². The van der Waals surface area contributed by atoms with Crippen LogP contribution >= 0.6 is 11.8 Å². The molecule has 4 rings (SSSR count). The van der Waals surface area contributed by atoms with Crippen molar-refractivity contribution in [2.75, 3.05) is 18.3 Å². The Bertz CT molecular complexity index is 940. The number of hydrogen-bond donors (Lipinski definition) is 0. The number of carbonyl (C=O) groups excluding carboxylic acids is 1. The van der Waals surface area contributed by atoms with Gasteiger partial charge in [-0.25, -0.2) is 10.0 Å². The number of amides is 1. The molecule has 3 aromatic carbocycles. The second-order valence-electron chi connectivity index (χ2n) is 6.72. The molecule has 0 unspecified atom stereocenters. The van der Waals surface area contributed by atoms with Crippen molar-refractivity contribution in [2.45, 2.75) is 17.4 Å². The summed E-state index contributed by atoms with van der Waals surface area (Å²) in [6.45, 7) is 0.677. The summed E-state index contributed by atoms with van der Waals surface area (Å²) in [5.74, 6) is -0.144. The fourth-order valence-corrected chi connectivity index (χ4v) is 4.09. The van der Waals surface area contributed by atoms with E-state index in [1.165, 1.54) is 10.5 Å². The van der Waals surface area contributed by atoms with Gasteiger partial charge in [-0.2, -0.15) is 0 Å². The van der Waals surface area contributed by atoms with Gasteiger partial charge in [-0.3, -0.25) is 4.79 Å². The molecule has 0 bridgehead atoms. The molecule has 27 heavy (non-hydrogen) atoms. The molecule has 1 amide bonds. The third-order valence-corrected chi connectivity index (χ3v) is 5.72.